The van der Waals surface area contributed by atoms with Crippen LogP contribution in [0.15, 0.2) is 53.3 Å². The quantitative estimate of drug-likeness (QED) is 0.353. The monoisotopic (exact) mass is 561 g/mol. The van der Waals surface area contributed by atoms with Crippen molar-refractivity contribution < 1.29 is 28.5 Å². The lowest BCUT2D eigenvalue weighted by atomic mass is 9.95. The van der Waals surface area contributed by atoms with Crippen molar-refractivity contribution in [3.05, 3.63) is 69.9 Å². The molecule has 0 spiro atoms. The van der Waals surface area contributed by atoms with Gasteiger partial charge in [0, 0.05) is 24.2 Å². The minimum absolute atomic E-state index is 0.214. The van der Waals surface area contributed by atoms with Gasteiger partial charge in [-0.15, -0.1) is 0 Å². The predicted molar refractivity (Wildman–Crippen MR) is 157 cm³/mol. The van der Waals surface area contributed by atoms with Gasteiger partial charge in [-0.3, -0.25) is 14.4 Å². The topological polar surface area (TPSA) is 124 Å². The van der Waals surface area contributed by atoms with Gasteiger partial charge in [0.25, 0.3) is 0 Å². The number of carbonyl (C=O) groups is 2. The van der Waals surface area contributed by atoms with E-state index >= 15 is 0 Å². The number of anilines is 2. The smallest absolute Gasteiger partial charge is 0.246 e. The first kappa shape index (κ1) is 29.3. The van der Waals surface area contributed by atoms with Crippen molar-refractivity contribution in [1.82, 2.24) is 5.32 Å². The van der Waals surface area contributed by atoms with Gasteiger partial charge in [0.15, 0.2) is 11.5 Å². The van der Waals surface area contributed by atoms with Crippen LogP contribution in [-0.2, 0) is 16.0 Å². The molecule has 0 fully saturated rings. The van der Waals surface area contributed by atoms with Gasteiger partial charge in [-0.05, 0) is 66.8 Å². The minimum Gasteiger partial charge on any atom is -0.497 e. The van der Waals surface area contributed by atoms with E-state index in [1.807, 2.05) is 6.07 Å². The average molecular weight is 562 g/mol. The number of fused-ring (bicyclic) bond motifs is 3. The molecule has 216 valence electrons. The van der Waals surface area contributed by atoms with Crippen molar-refractivity contribution in [3.8, 4) is 34.1 Å². The first-order chi connectivity index (χ1) is 19.7. The molecular weight excluding hydrogens is 526 g/mol. The summed E-state index contributed by atoms with van der Waals surface area (Å²) < 4.78 is 22.2. The Bertz CT molecular complexity index is 1520. The first-order valence-corrected chi connectivity index (χ1v) is 13.2. The van der Waals surface area contributed by atoms with Crippen molar-refractivity contribution in [2.24, 2.45) is 0 Å². The number of nitrogens with one attached hydrogen (secondary N) is 3. The summed E-state index contributed by atoms with van der Waals surface area (Å²) in [4.78, 5) is 38.6. The highest BCUT2D eigenvalue weighted by atomic mass is 16.5. The molecule has 0 aromatic heterocycles. The molecule has 3 N–H and O–H groups in total. The Morgan fingerprint density at radius 3 is 2.34 bits per heavy atom. The molecular formula is C31H35N3O7. The summed E-state index contributed by atoms with van der Waals surface area (Å²) in [7, 11) is 6.19. The second kappa shape index (κ2) is 12.6. The van der Waals surface area contributed by atoms with Crippen LogP contribution in [0.2, 0.25) is 0 Å². The van der Waals surface area contributed by atoms with Gasteiger partial charge in [-0.25, -0.2) is 0 Å². The Morgan fingerprint density at radius 1 is 0.927 bits per heavy atom. The second-order valence-corrected chi connectivity index (χ2v) is 9.68. The zero-order chi connectivity index (χ0) is 29.7. The van der Waals surface area contributed by atoms with E-state index in [4.69, 9.17) is 18.9 Å². The van der Waals surface area contributed by atoms with Gasteiger partial charge in [0.2, 0.25) is 23.0 Å². The maximum absolute atomic E-state index is 13.5. The van der Waals surface area contributed by atoms with Crippen molar-refractivity contribution in [2.45, 2.75) is 38.8 Å². The summed E-state index contributed by atoms with van der Waals surface area (Å²) in [5, 5.41) is 8.87. The van der Waals surface area contributed by atoms with E-state index in [1.165, 1.54) is 20.1 Å². The van der Waals surface area contributed by atoms with E-state index in [0.717, 1.165) is 11.1 Å². The minimum atomic E-state index is -0.742. The fraction of sp³-hybridized carbons (Fsp3) is 0.323. The van der Waals surface area contributed by atoms with Crippen molar-refractivity contribution in [1.29, 1.82) is 0 Å². The Balaban J connectivity index is 1.79. The highest BCUT2D eigenvalue weighted by Gasteiger charge is 2.29. The van der Waals surface area contributed by atoms with Gasteiger partial charge in [0.1, 0.15) is 11.8 Å². The molecule has 2 atom stereocenters. The van der Waals surface area contributed by atoms with Crippen LogP contribution in [0.1, 0.15) is 37.4 Å². The van der Waals surface area contributed by atoms with Crippen molar-refractivity contribution >= 4 is 23.2 Å². The van der Waals surface area contributed by atoms with E-state index in [2.05, 4.69) is 16.0 Å². The van der Waals surface area contributed by atoms with Crippen LogP contribution < -0.4 is 40.3 Å². The molecule has 3 aromatic carbocycles. The molecule has 0 bridgehead atoms. The van der Waals surface area contributed by atoms with Gasteiger partial charge < -0.3 is 34.9 Å². The molecule has 4 rings (SSSR count). The highest BCUT2D eigenvalue weighted by Crippen LogP contribution is 2.50. The fourth-order valence-corrected chi connectivity index (χ4v) is 5.08. The summed E-state index contributed by atoms with van der Waals surface area (Å²) in [6, 6.07) is 12.7. The lowest BCUT2D eigenvalue weighted by Crippen LogP contribution is -2.33. The van der Waals surface area contributed by atoms with Crippen LogP contribution in [0, 0.1) is 0 Å². The molecule has 0 saturated carbocycles. The number of hydrogen-bond acceptors (Lipinski definition) is 8. The predicted octanol–water partition coefficient (Wildman–Crippen LogP) is 4.31. The van der Waals surface area contributed by atoms with E-state index in [-0.39, 0.29) is 22.9 Å². The largest absolute Gasteiger partial charge is 0.497 e. The highest BCUT2D eigenvalue weighted by molar-refractivity contribution is 5.96. The maximum Gasteiger partial charge on any atom is 0.246 e. The van der Waals surface area contributed by atoms with Crippen LogP contribution in [0.5, 0.6) is 23.0 Å². The molecule has 0 radical (unpaired) electrons. The summed E-state index contributed by atoms with van der Waals surface area (Å²) in [6.07, 6.45) is 1.14. The first-order valence-electron chi connectivity index (χ1n) is 13.2. The SMILES string of the molecule is COc1cccc(NC(=O)[C@H](C)Nc2ccc3c(cc2=O)[C@@H](NC(C)=O)CCc2cc(OC)c(OC)c(OC)c2-3)c1. The van der Waals surface area contributed by atoms with E-state index in [9.17, 15) is 14.4 Å². The summed E-state index contributed by atoms with van der Waals surface area (Å²) in [5.41, 5.74) is 3.48. The third kappa shape index (κ3) is 6.21. The number of benzene rings is 2. The summed E-state index contributed by atoms with van der Waals surface area (Å²) in [6.45, 7) is 3.11. The Morgan fingerprint density at radius 2 is 1.68 bits per heavy atom. The van der Waals surface area contributed by atoms with Gasteiger partial charge in [-0.1, -0.05) is 12.1 Å². The van der Waals surface area contributed by atoms with E-state index < -0.39 is 12.1 Å². The molecule has 3 aromatic rings. The molecule has 1 aliphatic rings. The normalized spacial score (nSPS) is 14.3. The lowest BCUT2D eigenvalue weighted by Gasteiger charge is -2.19. The molecule has 0 aliphatic heterocycles. The standard InChI is InChI=1S/C31H35N3O7/c1-17(31(37)34-20-8-7-9-21(15-20)38-3)32-25-13-11-22-23(16-26(25)36)24(33-18(2)35)12-10-19-14-27(39-4)29(40-5)30(41-6)28(19)22/h7-9,11,13-17,24H,10,12H2,1-6H3,(H,32,36)(H,33,35)(H,34,37)/t17-,24-/m0/s1. The third-order valence-corrected chi connectivity index (χ3v) is 7.02. The molecule has 1 aliphatic carbocycles. The third-order valence-electron chi connectivity index (χ3n) is 7.02. The number of hydrogen-bond donors (Lipinski definition) is 3. The van der Waals surface area contributed by atoms with E-state index in [0.29, 0.717) is 52.7 Å². The summed E-state index contributed by atoms with van der Waals surface area (Å²) in [5.74, 6) is 1.48. The fourth-order valence-electron chi connectivity index (χ4n) is 5.08. The maximum atomic E-state index is 13.5. The number of amides is 2. The van der Waals surface area contributed by atoms with Crippen LogP contribution >= 0.6 is 0 Å². The van der Waals surface area contributed by atoms with Crippen molar-refractivity contribution in [2.75, 3.05) is 39.1 Å². The Kier molecular flexibility index (Phi) is 9.01. The number of methoxy groups -OCH3 is 4. The second-order valence-electron chi connectivity index (χ2n) is 9.68. The zero-order valence-corrected chi connectivity index (χ0v) is 24.0. The van der Waals surface area contributed by atoms with Crippen molar-refractivity contribution in [3.63, 3.8) is 0 Å². The average Bonchev–Trinajstić information content (AvgIpc) is 3.20. The molecule has 2 amide bonds. The Labute approximate surface area is 239 Å². The molecule has 10 nitrogen and oxygen atoms in total. The van der Waals surface area contributed by atoms with Gasteiger partial charge in [-0.2, -0.15) is 0 Å². The molecule has 41 heavy (non-hydrogen) atoms. The number of ether oxygens (including phenoxy) is 4. The molecule has 0 heterocycles. The Hall–Kier alpha value is -4.73. The molecule has 10 heteroatoms. The number of rotatable bonds is 9. The van der Waals surface area contributed by atoms with Crippen LogP contribution in [0.3, 0.4) is 0 Å². The molecule has 0 saturated heterocycles. The summed E-state index contributed by atoms with van der Waals surface area (Å²) >= 11 is 0. The lowest BCUT2D eigenvalue weighted by molar-refractivity contribution is -0.119. The van der Waals surface area contributed by atoms with Crippen LogP contribution in [-0.4, -0.2) is 46.3 Å². The number of aryl methyl sites for hydroxylation is 1. The van der Waals surface area contributed by atoms with Crippen LogP contribution in [0.25, 0.3) is 11.1 Å². The zero-order valence-electron chi connectivity index (χ0n) is 24.0. The molecule has 0 unspecified atom stereocenters. The van der Waals surface area contributed by atoms with E-state index in [1.54, 1.807) is 64.7 Å². The van der Waals surface area contributed by atoms with Gasteiger partial charge >= 0.3 is 0 Å². The van der Waals surface area contributed by atoms with Crippen LogP contribution in [0.4, 0.5) is 11.4 Å². The van der Waals surface area contributed by atoms with Gasteiger partial charge in [0.05, 0.1) is 40.2 Å². The number of carbonyl (C=O) groups excluding carboxylic acids is 2.